The number of rotatable bonds is 4. The van der Waals surface area contributed by atoms with Gasteiger partial charge in [0.15, 0.2) is 0 Å². The Bertz CT molecular complexity index is 6580. The van der Waals surface area contributed by atoms with E-state index >= 15 is 0 Å². The number of hydrogen-bond acceptors (Lipinski definition) is 4. The molecule has 0 spiro atoms. The van der Waals surface area contributed by atoms with Gasteiger partial charge in [-0.2, -0.15) is 0 Å². The predicted molar refractivity (Wildman–Crippen MR) is 489 cm³/mol. The van der Waals surface area contributed by atoms with Crippen LogP contribution in [0.1, 0.15) is 261 Å². The molecule has 0 aliphatic heterocycles. The van der Waals surface area contributed by atoms with Crippen LogP contribution in [0.5, 0.6) is 0 Å². The first-order valence-corrected chi connectivity index (χ1v) is 40.3. The molecule has 18 rings (SSSR count). The second-order valence-corrected chi connectivity index (χ2v) is 37.2. The Balaban J connectivity index is 0.000000130. The van der Waals surface area contributed by atoms with Crippen LogP contribution in [0.15, 0.2) is 232 Å². The first kappa shape index (κ1) is 63.7. The summed E-state index contributed by atoms with van der Waals surface area (Å²) in [5.74, 6) is 0. The van der Waals surface area contributed by atoms with Gasteiger partial charge in [0.2, 0.25) is 0 Å². The lowest BCUT2D eigenvalue weighted by Crippen LogP contribution is -2.15. The molecule has 12 aromatic carbocycles. The SMILES string of the molecule is [2H]C([2H])(C)c1c(C(C)(C)C)ccc2c1Cc1ccccc1-2.[2H]C([2H])(C)c1cc2oc3ccccc3c2cc1C(C)(C)C.[2H]C([2H])(C)c1ccc2c(oc3ccccc32)c1C(C)(C)C.[2H]C([2H])(C)c1ccc2oc3ccccc3c2c1C(C)(C)C.[2H]C([2H])([2H])c1c(C(C)(C)C)ccc2sc3ccccc3c12.[2H]C([2H])([2H])c1cc2c(cc1C(C)(C)C)Cc1ccccc1-2. The summed E-state index contributed by atoms with van der Waals surface area (Å²) in [6.07, 6.45) is -3.75. The fourth-order valence-electron chi connectivity index (χ4n) is 16.5. The molecule has 112 heavy (non-hydrogen) atoms. The molecule has 2 aliphatic carbocycles. The molecule has 16 aromatic rings. The molecule has 0 saturated carbocycles. The molecule has 576 valence electrons. The largest absolute Gasteiger partial charge is 0.456 e. The number of hydrogen-bond donors (Lipinski definition) is 0. The highest BCUT2D eigenvalue weighted by molar-refractivity contribution is 7.25. The Morgan fingerprint density at radius 3 is 1.42 bits per heavy atom. The Labute approximate surface area is 692 Å². The summed E-state index contributed by atoms with van der Waals surface area (Å²) in [7, 11) is 0. The van der Waals surface area contributed by atoms with Gasteiger partial charge in [-0.1, -0.05) is 322 Å². The van der Waals surface area contributed by atoms with Crippen molar-refractivity contribution in [3.63, 3.8) is 0 Å². The van der Waals surface area contributed by atoms with Crippen molar-refractivity contribution in [3.05, 3.63) is 307 Å². The quantitative estimate of drug-likeness (QED) is 0.176. The smallest absolute Gasteiger partial charge is 0.139 e. The number of furan rings is 3. The van der Waals surface area contributed by atoms with Crippen molar-refractivity contribution < 1.29 is 32.4 Å². The lowest BCUT2D eigenvalue weighted by atomic mass is 9.80. The number of fused-ring (bicyclic) bond motifs is 18. The second kappa shape index (κ2) is 31.3. The first-order chi connectivity index (χ1) is 58.1. The van der Waals surface area contributed by atoms with E-state index in [9.17, 15) is 0 Å². The number of para-hydroxylation sites is 3. The van der Waals surface area contributed by atoms with Crippen LogP contribution < -0.4 is 0 Å². The normalized spacial score (nSPS) is 15.3. The molecule has 0 radical (unpaired) electrons. The Morgan fingerprint density at radius 2 is 0.830 bits per heavy atom. The van der Waals surface area contributed by atoms with Crippen LogP contribution in [0.2, 0.25) is 0 Å². The maximum absolute atomic E-state index is 8.34. The van der Waals surface area contributed by atoms with Gasteiger partial charge < -0.3 is 13.3 Å². The van der Waals surface area contributed by atoms with Crippen LogP contribution in [0.4, 0.5) is 0 Å². The molecule has 0 fully saturated rings. The lowest BCUT2D eigenvalue weighted by Gasteiger charge is -2.25. The Kier molecular flexibility index (Phi) is 17.8. The van der Waals surface area contributed by atoms with Crippen molar-refractivity contribution in [2.75, 3.05) is 0 Å². The number of aryl methyl sites for hydroxylation is 5. The molecule has 0 N–H and O–H groups in total. The maximum Gasteiger partial charge on any atom is 0.139 e. The van der Waals surface area contributed by atoms with Crippen LogP contribution in [0, 0.1) is 13.7 Å². The van der Waals surface area contributed by atoms with Gasteiger partial charge in [-0.25, -0.2) is 0 Å². The van der Waals surface area contributed by atoms with Gasteiger partial charge >= 0.3 is 0 Å². The average Bonchev–Trinajstić information content (AvgIpc) is 1.61. The molecule has 0 saturated heterocycles. The molecular formula is C108H120O3S. The molecule has 4 heteroatoms. The minimum atomic E-state index is -2.11. The molecule has 3 nitrogen and oxygen atoms in total. The molecule has 0 atom stereocenters. The van der Waals surface area contributed by atoms with Crippen LogP contribution >= 0.6 is 11.3 Å². The van der Waals surface area contributed by atoms with E-state index in [0.717, 1.165) is 149 Å². The summed E-state index contributed by atoms with van der Waals surface area (Å²) in [4.78, 5) is 0. The minimum Gasteiger partial charge on any atom is -0.456 e. The Hall–Kier alpha value is -9.74. The van der Waals surface area contributed by atoms with Gasteiger partial charge in [-0.3, -0.25) is 0 Å². The average molecular weight is 1510 g/mol. The fraction of sp³-hybridized carbons (Fsp3) is 0.333. The second-order valence-electron chi connectivity index (χ2n) is 36.1. The maximum atomic E-state index is 8.34. The van der Waals surface area contributed by atoms with E-state index in [1.165, 1.54) is 38.9 Å². The van der Waals surface area contributed by atoms with E-state index in [0.29, 0.717) is 22.3 Å². The number of thiophene rings is 1. The molecule has 0 unspecified atom stereocenters. The van der Waals surface area contributed by atoms with Gasteiger partial charge in [0.25, 0.3) is 0 Å². The van der Waals surface area contributed by atoms with Gasteiger partial charge in [0.1, 0.15) is 33.5 Å². The summed E-state index contributed by atoms with van der Waals surface area (Å²) < 4.78 is 133. The Morgan fingerprint density at radius 1 is 0.321 bits per heavy atom. The van der Waals surface area contributed by atoms with E-state index < -0.39 is 39.2 Å². The predicted octanol–water partition coefficient (Wildman–Crippen LogP) is 32.0. The summed E-state index contributed by atoms with van der Waals surface area (Å²) >= 11 is 1.66. The van der Waals surface area contributed by atoms with Crippen molar-refractivity contribution in [1.82, 2.24) is 0 Å². The zero-order valence-electron chi connectivity index (χ0n) is 83.8. The monoisotopic (exact) mass is 1510 g/mol. The zero-order valence-corrected chi connectivity index (χ0v) is 70.6. The third-order valence-electron chi connectivity index (χ3n) is 21.9. The van der Waals surface area contributed by atoms with E-state index in [-0.39, 0.29) is 32.5 Å². The highest BCUT2D eigenvalue weighted by Gasteiger charge is 2.30. The highest BCUT2D eigenvalue weighted by atomic mass is 32.1. The lowest BCUT2D eigenvalue weighted by molar-refractivity contribution is 0.566. The van der Waals surface area contributed by atoms with Crippen LogP contribution in [0.25, 0.3) is 108 Å². The van der Waals surface area contributed by atoms with Crippen molar-refractivity contribution in [1.29, 1.82) is 0 Å². The van der Waals surface area contributed by atoms with E-state index in [1.807, 2.05) is 146 Å². The summed E-state index contributed by atoms with van der Waals surface area (Å²) in [5.41, 5.74) is 23.9. The summed E-state index contributed by atoms with van der Waals surface area (Å²) in [5, 5.41) is 8.34. The number of benzene rings is 12. The standard InChI is InChI=1S/C19H22.3C18H20O.C18H20.C17H18S/c1-5-14-17-12-13-8-6-7-9-15(13)16(17)10-11-18(14)19(2,3)4;1-5-12-10-17-14(11-15(12)18(2,3)4)13-8-6-7-9-16(13)19-17;1-5-12-10-11-14-13-8-6-7-9-15(13)19-17(14)16(12)18(2,3)4;1-5-12-10-11-15-16(17(12)18(2,3)4)13-8-6-7-9-14(13)19-15;1-12-9-16-14(11-17(12)18(2,3)4)10-13-7-5-6-8-15(13)16;1-11-13(17(2,3)4)9-10-15-16(11)12-7-5-6-8-14(12)18-15/h6-11H,5,12H2,1-4H3;3*6-11H,5H2,1-4H3;5-9,11H,10H2,1-4H3;5-10H,1-4H3/i4*5D2;2*1D3. The third-order valence-corrected chi connectivity index (χ3v) is 23.0. The van der Waals surface area contributed by atoms with Crippen molar-refractivity contribution in [2.45, 2.75) is 237 Å². The van der Waals surface area contributed by atoms with Crippen LogP contribution in [-0.4, -0.2) is 0 Å². The molecule has 4 aromatic heterocycles. The third kappa shape index (κ3) is 16.0. The van der Waals surface area contributed by atoms with Crippen molar-refractivity contribution in [3.8, 4) is 22.3 Å². The topological polar surface area (TPSA) is 39.4 Å². The zero-order chi connectivity index (χ0) is 92.5. The van der Waals surface area contributed by atoms with Gasteiger partial charge in [0.05, 0.1) is 0 Å². The molecule has 0 bridgehead atoms. The van der Waals surface area contributed by atoms with Gasteiger partial charge in [0, 0.05) is 77.2 Å². The summed E-state index contributed by atoms with van der Waals surface area (Å²) in [6.45, 7) is 40.3. The highest BCUT2D eigenvalue weighted by Crippen LogP contribution is 2.47. The van der Waals surface area contributed by atoms with Crippen molar-refractivity contribution >= 4 is 97.3 Å². The van der Waals surface area contributed by atoms with Gasteiger partial charge in [-0.05, 0) is 239 Å². The molecule has 4 heterocycles. The first-order valence-electron chi connectivity index (χ1n) is 46.5. The molecular weight excluding hydrogens is 1380 g/mol. The van der Waals surface area contributed by atoms with Crippen LogP contribution in [0.3, 0.4) is 0 Å². The fourth-order valence-corrected chi connectivity index (χ4v) is 17.6. The van der Waals surface area contributed by atoms with E-state index in [2.05, 4.69) is 197 Å². The van der Waals surface area contributed by atoms with Crippen LogP contribution in [-0.2, 0) is 70.8 Å². The van der Waals surface area contributed by atoms with Crippen molar-refractivity contribution in [2.24, 2.45) is 0 Å². The van der Waals surface area contributed by atoms with E-state index in [4.69, 9.17) is 32.4 Å². The minimum absolute atomic E-state index is 0.0531. The summed E-state index contributed by atoms with van der Waals surface area (Å²) in [6, 6.07) is 72.6. The van der Waals surface area contributed by atoms with E-state index in [1.54, 1.807) is 39.0 Å². The van der Waals surface area contributed by atoms with Gasteiger partial charge in [-0.15, -0.1) is 11.3 Å². The molecule has 2 aliphatic rings. The molecule has 0 amide bonds.